The van der Waals surface area contributed by atoms with E-state index in [0.29, 0.717) is 11.3 Å². The Bertz CT molecular complexity index is 785. The van der Waals surface area contributed by atoms with Gasteiger partial charge in [-0.15, -0.1) is 4.40 Å². The molecule has 0 aliphatic heterocycles. The lowest BCUT2D eigenvalue weighted by molar-refractivity contribution is -0.111. The summed E-state index contributed by atoms with van der Waals surface area (Å²) in [6.45, 7) is 3.18. The Morgan fingerprint density at radius 3 is 2.38 bits per heavy atom. The summed E-state index contributed by atoms with van der Waals surface area (Å²) in [5, 5.41) is 0. The number of nitrogens with zero attached hydrogens (tertiary/aromatic N) is 2. The van der Waals surface area contributed by atoms with Crippen molar-refractivity contribution in [1.82, 2.24) is 0 Å². The maximum atomic E-state index is 12.1. The van der Waals surface area contributed by atoms with Gasteiger partial charge in [-0.05, 0) is 49.8 Å². The Balaban J connectivity index is 2.31. The number of allylic oxidation sites excluding steroid dienone is 4. The molecule has 0 aromatic heterocycles. The zero-order chi connectivity index (χ0) is 15.5. The van der Waals surface area contributed by atoms with Crippen molar-refractivity contribution in [2.75, 3.05) is 0 Å². The summed E-state index contributed by atoms with van der Waals surface area (Å²) in [4.78, 5) is 15.5. The second-order valence-electron chi connectivity index (χ2n) is 4.49. The monoisotopic (exact) mass is 302 g/mol. The predicted molar refractivity (Wildman–Crippen MR) is 82.1 cm³/mol. The number of benzene rings is 1. The second-order valence-corrected chi connectivity index (χ2v) is 6.09. The number of carbonyl (C=O) groups is 1. The molecule has 0 saturated carbocycles. The van der Waals surface area contributed by atoms with Crippen molar-refractivity contribution in [2.24, 2.45) is 9.39 Å². The minimum absolute atomic E-state index is 0.0829. The van der Waals surface area contributed by atoms with Crippen LogP contribution in [0.25, 0.3) is 0 Å². The van der Waals surface area contributed by atoms with Gasteiger partial charge in [0.05, 0.1) is 10.6 Å². The average molecular weight is 302 g/mol. The van der Waals surface area contributed by atoms with Crippen LogP contribution < -0.4 is 0 Å². The smallest absolute Gasteiger partial charge is 0.283 e. The molecule has 2 rings (SSSR count). The molecule has 0 radical (unpaired) electrons. The van der Waals surface area contributed by atoms with Gasteiger partial charge in [0.25, 0.3) is 10.0 Å². The normalized spacial score (nSPS) is 18.0. The molecule has 0 unspecified atom stereocenters. The lowest BCUT2D eigenvalue weighted by Crippen LogP contribution is -2.07. The molecule has 1 aromatic carbocycles. The Morgan fingerprint density at radius 2 is 1.76 bits per heavy atom. The van der Waals surface area contributed by atoms with Crippen LogP contribution in [0.4, 0.5) is 0 Å². The van der Waals surface area contributed by atoms with E-state index in [4.69, 9.17) is 0 Å². The van der Waals surface area contributed by atoms with Gasteiger partial charge in [0.2, 0.25) is 0 Å². The first-order chi connectivity index (χ1) is 9.88. The van der Waals surface area contributed by atoms with Crippen LogP contribution in [0, 0.1) is 0 Å². The van der Waals surface area contributed by atoms with E-state index < -0.39 is 10.0 Å². The minimum Gasteiger partial charge on any atom is -0.290 e. The Morgan fingerprint density at radius 1 is 1.10 bits per heavy atom. The zero-order valence-corrected chi connectivity index (χ0v) is 12.5. The number of aliphatic imine (C=N–C) groups is 1. The largest absolute Gasteiger partial charge is 0.290 e. The summed E-state index contributed by atoms with van der Waals surface area (Å²) in [6, 6.07) is 7.94. The second kappa shape index (κ2) is 5.97. The van der Waals surface area contributed by atoms with Crippen LogP contribution >= 0.6 is 0 Å². The van der Waals surface area contributed by atoms with E-state index in [0.717, 1.165) is 0 Å². The molecule has 0 saturated heterocycles. The van der Waals surface area contributed by atoms with Crippen molar-refractivity contribution in [1.29, 1.82) is 0 Å². The predicted octanol–water partition coefficient (Wildman–Crippen LogP) is 2.32. The lowest BCUT2D eigenvalue weighted by Gasteiger charge is -2.04. The third-order valence-electron chi connectivity index (χ3n) is 2.74. The number of sulfonamides is 1. The third kappa shape index (κ3) is 3.82. The fourth-order valence-corrected chi connectivity index (χ4v) is 2.72. The van der Waals surface area contributed by atoms with E-state index in [2.05, 4.69) is 9.39 Å². The van der Waals surface area contributed by atoms with Crippen LogP contribution in [0.1, 0.15) is 13.8 Å². The summed E-state index contributed by atoms with van der Waals surface area (Å²) < 4.78 is 27.8. The first kappa shape index (κ1) is 15.1. The van der Waals surface area contributed by atoms with E-state index >= 15 is 0 Å². The fourth-order valence-electron chi connectivity index (χ4n) is 1.73. The van der Waals surface area contributed by atoms with Gasteiger partial charge in [0, 0.05) is 0 Å². The minimum atomic E-state index is -3.77. The van der Waals surface area contributed by atoms with Crippen LogP contribution in [-0.4, -0.2) is 25.7 Å². The van der Waals surface area contributed by atoms with Crippen LogP contribution in [0.3, 0.4) is 0 Å². The van der Waals surface area contributed by atoms with Crippen molar-refractivity contribution in [3.05, 3.63) is 54.1 Å². The molecular weight excluding hydrogens is 288 g/mol. The molecule has 0 bridgehead atoms. The fraction of sp³-hybridized carbons (Fsp3) is 0.133. The van der Waals surface area contributed by atoms with Crippen LogP contribution in [0.15, 0.2) is 68.4 Å². The highest BCUT2D eigenvalue weighted by molar-refractivity contribution is 7.90. The van der Waals surface area contributed by atoms with Crippen LogP contribution in [0.2, 0.25) is 0 Å². The van der Waals surface area contributed by atoms with Gasteiger partial charge in [-0.1, -0.05) is 18.2 Å². The number of amidine groups is 1. The Kier molecular flexibility index (Phi) is 4.28. The first-order valence-electron chi connectivity index (χ1n) is 6.24. The Hall–Kier alpha value is -2.34. The molecule has 0 fully saturated rings. The highest BCUT2D eigenvalue weighted by Gasteiger charge is 2.12. The highest BCUT2D eigenvalue weighted by Crippen LogP contribution is 2.12. The highest BCUT2D eigenvalue weighted by atomic mass is 32.2. The van der Waals surface area contributed by atoms with Crippen molar-refractivity contribution in [2.45, 2.75) is 18.7 Å². The van der Waals surface area contributed by atoms with Gasteiger partial charge in [-0.25, -0.2) is 4.99 Å². The topological polar surface area (TPSA) is 75.9 Å². The standard InChI is InChI=1S/C15H14N2O3S/c1-11-10-13(8-9-15(11)18)16-12(2)17-21(19,20)14-6-4-3-5-7-14/h3-10H,1-2H3/b16-13?,17-12-. The van der Waals surface area contributed by atoms with Crippen LogP contribution in [-0.2, 0) is 14.8 Å². The van der Waals surface area contributed by atoms with Gasteiger partial charge >= 0.3 is 0 Å². The number of carbonyl (C=O) groups excluding carboxylic acids is 1. The average Bonchev–Trinajstić information content (AvgIpc) is 2.43. The van der Waals surface area contributed by atoms with Crippen molar-refractivity contribution in [3.8, 4) is 0 Å². The van der Waals surface area contributed by atoms with E-state index in [1.54, 1.807) is 31.2 Å². The molecule has 5 nitrogen and oxygen atoms in total. The van der Waals surface area contributed by atoms with E-state index in [1.807, 2.05) is 0 Å². The molecule has 1 aromatic rings. The SMILES string of the molecule is CC1=CC(=N/C(C)=N\S(=O)(=O)c2ccccc2)C=CC1=O. The molecule has 0 amide bonds. The maximum Gasteiger partial charge on any atom is 0.283 e. The van der Waals surface area contributed by atoms with E-state index in [9.17, 15) is 13.2 Å². The summed E-state index contributed by atoms with van der Waals surface area (Å²) in [5.41, 5.74) is 1.05. The molecule has 0 N–H and O–H groups in total. The van der Waals surface area contributed by atoms with Gasteiger partial charge in [-0.2, -0.15) is 8.42 Å². The van der Waals surface area contributed by atoms with E-state index in [-0.39, 0.29) is 16.5 Å². The Labute approximate surface area is 123 Å². The summed E-state index contributed by atoms with van der Waals surface area (Å²) >= 11 is 0. The zero-order valence-electron chi connectivity index (χ0n) is 11.6. The molecule has 6 heteroatoms. The lowest BCUT2D eigenvalue weighted by atomic mass is 10.1. The van der Waals surface area contributed by atoms with Crippen molar-refractivity contribution < 1.29 is 13.2 Å². The van der Waals surface area contributed by atoms with E-state index in [1.165, 1.54) is 31.2 Å². The molecule has 21 heavy (non-hydrogen) atoms. The molecular formula is C15H14N2O3S. The molecule has 0 heterocycles. The molecule has 1 aliphatic carbocycles. The number of ketones is 1. The van der Waals surface area contributed by atoms with Gasteiger partial charge in [-0.3, -0.25) is 4.79 Å². The van der Waals surface area contributed by atoms with Gasteiger partial charge in [0.1, 0.15) is 5.84 Å². The molecule has 0 atom stereocenters. The quantitative estimate of drug-likeness (QED) is 0.478. The summed E-state index contributed by atoms with van der Waals surface area (Å²) in [6.07, 6.45) is 4.52. The van der Waals surface area contributed by atoms with Gasteiger partial charge in [0.15, 0.2) is 5.78 Å². The summed E-state index contributed by atoms with van der Waals surface area (Å²) in [5.74, 6) is 0.0253. The molecule has 1 aliphatic rings. The number of rotatable bonds is 2. The number of hydrogen-bond acceptors (Lipinski definition) is 3. The third-order valence-corrected chi connectivity index (χ3v) is 4.12. The van der Waals surface area contributed by atoms with Crippen LogP contribution in [0.5, 0.6) is 0 Å². The maximum absolute atomic E-state index is 12.1. The van der Waals surface area contributed by atoms with Gasteiger partial charge < -0.3 is 0 Å². The molecule has 108 valence electrons. The first-order valence-corrected chi connectivity index (χ1v) is 7.68. The van der Waals surface area contributed by atoms with Crippen molar-refractivity contribution in [3.63, 3.8) is 0 Å². The molecule has 0 spiro atoms. The van der Waals surface area contributed by atoms with Crippen molar-refractivity contribution >= 4 is 27.4 Å². The number of hydrogen-bond donors (Lipinski definition) is 0. The summed E-state index contributed by atoms with van der Waals surface area (Å²) in [7, 11) is -3.77.